The van der Waals surface area contributed by atoms with E-state index in [9.17, 15) is 9.50 Å². The van der Waals surface area contributed by atoms with Crippen LogP contribution in [0.4, 0.5) is 4.39 Å². The maximum absolute atomic E-state index is 13.8. The van der Waals surface area contributed by atoms with Gasteiger partial charge in [-0.15, -0.1) is 0 Å². The molecule has 0 bridgehead atoms. The lowest BCUT2D eigenvalue weighted by Crippen LogP contribution is -2.28. The van der Waals surface area contributed by atoms with Crippen LogP contribution in [-0.4, -0.2) is 25.3 Å². The van der Waals surface area contributed by atoms with Crippen molar-refractivity contribution in [3.63, 3.8) is 0 Å². The van der Waals surface area contributed by atoms with E-state index in [0.717, 1.165) is 25.9 Å². The molecule has 2 rings (SSSR count). The Labute approximate surface area is 101 Å². The van der Waals surface area contributed by atoms with Gasteiger partial charge in [-0.25, -0.2) is 4.39 Å². The number of phenolic OH excluding ortho intramolecular Hbond substituents is 1. The number of aromatic hydroxyl groups is 1. The monoisotopic (exact) mass is 239 g/mol. The molecule has 0 aliphatic carbocycles. The van der Waals surface area contributed by atoms with Crippen molar-refractivity contribution in [3.05, 3.63) is 23.5 Å². The fourth-order valence-corrected chi connectivity index (χ4v) is 2.29. The number of benzene rings is 1. The molecule has 1 aromatic carbocycles. The van der Waals surface area contributed by atoms with Gasteiger partial charge in [0.05, 0.1) is 7.11 Å². The van der Waals surface area contributed by atoms with Crippen LogP contribution in [0.25, 0.3) is 0 Å². The van der Waals surface area contributed by atoms with Crippen LogP contribution >= 0.6 is 0 Å². The van der Waals surface area contributed by atoms with E-state index in [2.05, 4.69) is 5.32 Å². The maximum Gasteiger partial charge on any atom is 0.133 e. The van der Waals surface area contributed by atoms with E-state index >= 15 is 0 Å². The Balaban J connectivity index is 2.14. The summed E-state index contributed by atoms with van der Waals surface area (Å²) >= 11 is 0. The average molecular weight is 239 g/mol. The molecule has 94 valence electrons. The van der Waals surface area contributed by atoms with Gasteiger partial charge < -0.3 is 15.2 Å². The third-order valence-electron chi connectivity index (χ3n) is 3.33. The summed E-state index contributed by atoms with van der Waals surface area (Å²) in [5.41, 5.74) is 0.415. The van der Waals surface area contributed by atoms with Crippen LogP contribution in [0.15, 0.2) is 12.1 Å². The van der Waals surface area contributed by atoms with E-state index in [-0.39, 0.29) is 11.6 Å². The highest BCUT2D eigenvalue weighted by Gasteiger charge is 2.18. The molecule has 1 aliphatic heterocycles. The third kappa shape index (κ3) is 2.88. The first-order valence-electron chi connectivity index (χ1n) is 5.97. The second-order valence-corrected chi connectivity index (χ2v) is 4.50. The zero-order valence-corrected chi connectivity index (χ0v) is 10.0. The number of phenols is 1. The number of rotatable bonds is 3. The molecule has 0 saturated carbocycles. The lowest BCUT2D eigenvalue weighted by atomic mass is 9.90. The first-order chi connectivity index (χ1) is 8.20. The standard InChI is InChI=1S/C13H18FNO2/c1-17-10-7-12(14)11(13(16)8-10)6-9-2-4-15-5-3-9/h7-9,15-16H,2-6H2,1H3. The van der Waals surface area contributed by atoms with E-state index in [1.807, 2.05) is 0 Å². The smallest absolute Gasteiger partial charge is 0.133 e. The topological polar surface area (TPSA) is 41.5 Å². The SMILES string of the molecule is COc1cc(O)c(CC2CCNCC2)c(F)c1. The number of halogens is 1. The average Bonchev–Trinajstić information content (AvgIpc) is 2.35. The van der Waals surface area contributed by atoms with Gasteiger partial charge in [0.15, 0.2) is 0 Å². The van der Waals surface area contributed by atoms with E-state index in [1.165, 1.54) is 19.2 Å². The van der Waals surface area contributed by atoms with Crippen molar-refractivity contribution in [2.45, 2.75) is 19.3 Å². The minimum Gasteiger partial charge on any atom is -0.507 e. The van der Waals surface area contributed by atoms with E-state index < -0.39 is 0 Å². The van der Waals surface area contributed by atoms with Crippen LogP contribution in [0.1, 0.15) is 18.4 Å². The second kappa shape index (κ2) is 5.36. The summed E-state index contributed by atoms with van der Waals surface area (Å²) in [5, 5.41) is 13.1. The van der Waals surface area contributed by atoms with Crippen molar-refractivity contribution >= 4 is 0 Å². The Kier molecular flexibility index (Phi) is 3.84. The predicted octanol–water partition coefficient (Wildman–Crippen LogP) is 2.08. The predicted molar refractivity (Wildman–Crippen MR) is 63.9 cm³/mol. The van der Waals surface area contributed by atoms with Crippen LogP contribution in [0, 0.1) is 11.7 Å². The first kappa shape index (κ1) is 12.2. The van der Waals surface area contributed by atoms with Crippen molar-refractivity contribution in [3.8, 4) is 11.5 Å². The summed E-state index contributed by atoms with van der Waals surface area (Å²) in [4.78, 5) is 0. The molecule has 0 radical (unpaired) electrons. The molecule has 1 fully saturated rings. The molecule has 0 amide bonds. The van der Waals surface area contributed by atoms with Crippen molar-refractivity contribution in [1.29, 1.82) is 0 Å². The number of hydrogen-bond donors (Lipinski definition) is 2. The van der Waals surface area contributed by atoms with Gasteiger partial charge >= 0.3 is 0 Å². The number of hydrogen-bond acceptors (Lipinski definition) is 3. The van der Waals surface area contributed by atoms with Gasteiger partial charge in [0.25, 0.3) is 0 Å². The van der Waals surface area contributed by atoms with Crippen LogP contribution in [0.2, 0.25) is 0 Å². The lowest BCUT2D eigenvalue weighted by Gasteiger charge is -2.23. The van der Waals surface area contributed by atoms with E-state index in [0.29, 0.717) is 23.7 Å². The summed E-state index contributed by atoms with van der Waals surface area (Å²) in [6.07, 6.45) is 2.67. The third-order valence-corrected chi connectivity index (χ3v) is 3.33. The Morgan fingerprint density at radius 1 is 1.41 bits per heavy atom. The minimum atomic E-state index is -0.375. The zero-order valence-electron chi connectivity index (χ0n) is 10.0. The van der Waals surface area contributed by atoms with Gasteiger partial charge in [0, 0.05) is 17.7 Å². The highest BCUT2D eigenvalue weighted by atomic mass is 19.1. The normalized spacial score (nSPS) is 17.1. The van der Waals surface area contributed by atoms with Crippen LogP contribution in [0.3, 0.4) is 0 Å². The second-order valence-electron chi connectivity index (χ2n) is 4.50. The fourth-order valence-electron chi connectivity index (χ4n) is 2.29. The minimum absolute atomic E-state index is 0.000354. The summed E-state index contributed by atoms with van der Waals surface area (Å²) < 4.78 is 18.7. The lowest BCUT2D eigenvalue weighted by molar-refractivity contribution is 0.357. The van der Waals surface area contributed by atoms with Gasteiger partial charge in [-0.1, -0.05) is 0 Å². The molecule has 0 atom stereocenters. The molecule has 1 aliphatic rings. The van der Waals surface area contributed by atoms with Crippen molar-refractivity contribution < 1.29 is 14.2 Å². The molecule has 1 saturated heterocycles. The van der Waals surface area contributed by atoms with E-state index in [1.54, 1.807) is 0 Å². The molecule has 0 spiro atoms. The summed E-state index contributed by atoms with van der Waals surface area (Å²) in [7, 11) is 1.46. The Morgan fingerprint density at radius 2 is 2.12 bits per heavy atom. The Hall–Kier alpha value is -1.29. The van der Waals surface area contributed by atoms with Gasteiger partial charge in [0.2, 0.25) is 0 Å². The summed E-state index contributed by atoms with van der Waals surface area (Å²) in [6, 6.07) is 2.80. The molecular weight excluding hydrogens is 221 g/mol. The molecule has 3 nitrogen and oxygen atoms in total. The number of ether oxygens (including phenoxy) is 1. The molecule has 2 N–H and O–H groups in total. The highest BCUT2D eigenvalue weighted by Crippen LogP contribution is 2.30. The molecule has 4 heteroatoms. The molecule has 1 heterocycles. The Morgan fingerprint density at radius 3 is 2.71 bits per heavy atom. The van der Waals surface area contributed by atoms with Gasteiger partial charge in [-0.05, 0) is 38.3 Å². The van der Waals surface area contributed by atoms with Crippen LogP contribution in [-0.2, 0) is 6.42 Å². The van der Waals surface area contributed by atoms with Gasteiger partial charge in [-0.2, -0.15) is 0 Å². The molecular formula is C13H18FNO2. The van der Waals surface area contributed by atoms with Crippen LogP contribution in [0.5, 0.6) is 11.5 Å². The molecule has 0 aromatic heterocycles. The van der Waals surface area contributed by atoms with Crippen molar-refractivity contribution in [2.24, 2.45) is 5.92 Å². The Bertz CT molecular complexity index is 366. The number of piperidine rings is 1. The van der Waals surface area contributed by atoms with Crippen molar-refractivity contribution in [2.75, 3.05) is 20.2 Å². The largest absolute Gasteiger partial charge is 0.507 e. The fraction of sp³-hybridized carbons (Fsp3) is 0.538. The number of nitrogens with one attached hydrogen (secondary N) is 1. The zero-order chi connectivity index (χ0) is 12.3. The molecule has 0 unspecified atom stereocenters. The van der Waals surface area contributed by atoms with Gasteiger partial charge in [-0.3, -0.25) is 0 Å². The van der Waals surface area contributed by atoms with Crippen molar-refractivity contribution in [1.82, 2.24) is 5.32 Å². The number of methoxy groups -OCH3 is 1. The molecule has 1 aromatic rings. The maximum atomic E-state index is 13.8. The highest BCUT2D eigenvalue weighted by molar-refractivity contribution is 5.41. The molecule has 17 heavy (non-hydrogen) atoms. The summed E-state index contributed by atoms with van der Waals surface area (Å²) in [6.45, 7) is 1.95. The van der Waals surface area contributed by atoms with Gasteiger partial charge in [0.1, 0.15) is 17.3 Å². The summed E-state index contributed by atoms with van der Waals surface area (Å²) in [5.74, 6) is 0.430. The quantitative estimate of drug-likeness (QED) is 0.848. The first-order valence-corrected chi connectivity index (χ1v) is 5.97. The van der Waals surface area contributed by atoms with E-state index in [4.69, 9.17) is 4.74 Å². The van der Waals surface area contributed by atoms with Crippen LogP contribution < -0.4 is 10.1 Å².